The first-order valence-corrected chi connectivity index (χ1v) is 7.33. The van der Waals surface area contributed by atoms with Gasteiger partial charge in [0.25, 0.3) is 0 Å². The van der Waals surface area contributed by atoms with Crippen molar-refractivity contribution in [3.05, 3.63) is 35.9 Å². The molecule has 0 aliphatic heterocycles. The van der Waals surface area contributed by atoms with Crippen molar-refractivity contribution in [1.29, 1.82) is 0 Å². The summed E-state index contributed by atoms with van der Waals surface area (Å²) in [7, 11) is 0. The molecular formula is C17H27N. The maximum absolute atomic E-state index is 3.65. The summed E-state index contributed by atoms with van der Waals surface area (Å²) in [6.45, 7) is 7.96. The van der Waals surface area contributed by atoms with Gasteiger partial charge >= 0.3 is 0 Å². The van der Waals surface area contributed by atoms with E-state index in [0.717, 1.165) is 11.8 Å². The maximum atomic E-state index is 3.65. The van der Waals surface area contributed by atoms with Gasteiger partial charge in [0, 0.05) is 5.54 Å². The van der Waals surface area contributed by atoms with E-state index in [1.54, 1.807) is 0 Å². The Labute approximate surface area is 112 Å². The Morgan fingerprint density at radius 3 is 2.28 bits per heavy atom. The quantitative estimate of drug-likeness (QED) is 0.825. The monoisotopic (exact) mass is 245 g/mol. The van der Waals surface area contributed by atoms with Crippen molar-refractivity contribution >= 4 is 0 Å². The van der Waals surface area contributed by atoms with Crippen molar-refractivity contribution in [3.63, 3.8) is 0 Å². The molecule has 1 aliphatic rings. The highest BCUT2D eigenvalue weighted by Crippen LogP contribution is 2.37. The maximum Gasteiger partial charge on any atom is 0.00966 e. The molecule has 2 unspecified atom stereocenters. The van der Waals surface area contributed by atoms with Crippen LogP contribution in [0.25, 0.3) is 0 Å². The molecule has 2 atom stereocenters. The largest absolute Gasteiger partial charge is 0.312 e. The molecule has 0 radical (unpaired) electrons. The number of aryl methyl sites for hydroxylation is 1. The molecule has 0 saturated heterocycles. The lowest BCUT2D eigenvalue weighted by Gasteiger charge is -2.39. The molecule has 1 aromatic rings. The van der Waals surface area contributed by atoms with E-state index < -0.39 is 0 Å². The van der Waals surface area contributed by atoms with Crippen LogP contribution in [0.5, 0.6) is 0 Å². The standard InChI is InChI=1S/C17H27N/c1-17(2,3)18-13-16-12-11-15(16)10-9-14-7-5-4-6-8-14/h4-8,15-16,18H,9-13H2,1-3H3. The third-order valence-corrected chi connectivity index (χ3v) is 4.12. The predicted octanol–water partition coefficient (Wildman–Crippen LogP) is 4.03. The summed E-state index contributed by atoms with van der Waals surface area (Å²) >= 11 is 0. The van der Waals surface area contributed by atoms with E-state index in [4.69, 9.17) is 0 Å². The molecule has 0 heterocycles. The van der Waals surface area contributed by atoms with Gasteiger partial charge in [0.15, 0.2) is 0 Å². The zero-order valence-electron chi connectivity index (χ0n) is 12.1. The number of benzene rings is 1. The molecule has 1 aromatic carbocycles. The van der Waals surface area contributed by atoms with Crippen LogP contribution in [0.4, 0.5) is 0 Å². The van der Waals surface area contributed by atoms with Crippen LogP contribution in [0, 0.1) is 11.8 Å². The van der Waals surface area contributed by atoms with Gasteiger partial charge in [-0.2, -0.15) is 0 Å². The summed E-state index contributed by atoms with van der Waals surface area (Å²) < 4.78 is 0. The second-order valence-electron chi connectivity index (χ2n) is 6.75. The molecule has 100 valence electrons. The van der Waals surface area contributed by atoms with E-state index in [-0.39, 0.29) is 5.54 Å². The number of hydrogen-bond donors (Lipinski definition) is 1. The van der Waals surface area contributed by atoms with Crippen LogP contribution in [-0.2, 0) is 6.42 Å². The zero-order valence-corrected chi connectivity index (χ0v) is 12.1. The second-order valence-corrected chi connectivity index (χ2v) is 6.75. The van der Waals surface area contributed by atoms with Crippen molar-refractivity contribution < 1.29 is 0 Å². The SMILES string of the molecule is CC(C)(C)NCC1CCC1CCc1ccccc1. The van der Waals surface area contributed by atoms with Gasteiger partial charge in [-0.1, -0.05) is 30.3 Å². The number of hydrogen-bond acceptors (Lipinski definition) is 1. The highest BCUT2D eigenvalue weighted by molar-refractivity contribution is 5.14. The van der Waals surface area contributed by atoms with Crippen LogP contribution < -0.4 is 5.32 Å². The van der Waals surface area contributed by atoms with Gasteiger partial charge in [-0.15, -0.1) is 0 Å². The molecule has 1 heteroatoms. The topological polar surface area (TPSA) is 12.0 Å². The van der Waals surface area contributed by atoms with E-state index in [1.807, 2.05) is 0 Å². The van der Waals surface area contributed by atoms with E-state index in [2.05, 4.69) is 56.4 Å². The highest BCUT2D eigenvalue weighted by Gasteiger charge is 2.30. The molecule has 0 bridgehead atoms. The molecule has 1 nitrogen and oxygen atoms in total. The van der Waals surface area contributed by atoms with Crippen LogP contribution in [-0.4, -0.2) is 12.1 Å². The summed E-state index contributed by atoms with van der Waals surface area (Å²) in [5.41, 5.74) is 1.76. The van der Waals surface area contributed by atoms with Crippen LogP contribution in [0.15, 0.2) is 30.3 Å². The molecule has 1 saturated carbocycles. The van der Waals surface area contributed by atoms with Crippen molar-refractivity contribution in [1.82, 2.24) is 5.32 Å². The van der Waals surface area contributed by atoms with Crippen LogP contribution in [0.2, 0.25) is 0 Å². The molecule has 18 heavy (non-hydrogen) atoms. The Morgan fingerprint density at radius 2 is 1.72 bits per heavy atom. The Kier molecular flexibility index (Phi) is 4.45. The van der Waals surface area contributed by atoms with Crippen molar-refractivity contribution in [2.24, 2.45) is 11.8 Å². The minimum atomic E-state index is 0.263. The normalized spacial score (nSPS) is 23.7. The number of nitrogens with one attached hydrogen (secondary N) is 1. The number of rotatable bonds is 5. The lowest BCUT2D eigenvalue weighted by atomic mass is 9.71. The first-order valence-electron chi connectivity index (χ1n) is 7.33. The fraction of sp³-hybridized carbons (Fsp3) is 0.647. The molecule has 1 aliphatic carbocycles. The smallest absolute Gasteiger partial charge is 0.00966 e. The minimum absolute atomic E-state index is 0.263. The van der Waals surface area contributed by atoms with Gasteiger partial charge in [-0.25, -0.2) is 0 Å². The molecule has 0 aromatic heterocycles. The Bertz CT molecular complexity index is 350. The van der Waals surface area contributed by atoms with Crippen LogP contribution in [0.3, 0.4) is 0 Å². The molecule has 0 amide bonds. The van der Waals surface area contributed by atoms with E-state index >= 15 is 0 Å². The van der Waals surface area contributed by atoms with Gasteiger partial charge in [0.05, 0.1) is 0 Å². The van der Waals surface area contributed by atoms with Crippen LogP contribution in [0.1, 0.15) is 45.6 Å². The second kappa shape index (κ2) is 5.88. The van der Waals surface area contributed by atoms with Crippen molar-refractivity contribution in [2.75, 3.05) is 6.54 Å². The average Bonchev–Trinajstić information content (AvgIpc) is 2.28. The molecular weight excluding hydrogens is 218 g/mol. The summed E-state index contributed by atoms with van der Waals surface area (Å²) in [6, 6.07) is 10.9. The lowest BCUT2D eigenvalue weighted by Crippen LogP contribution is -2.43. The fourth-order valence-electron chi connectivity index (χ4n) is 2.72. The predicted molar refractivity (Wildman–Crippen MR) is 78.7 cm³/mol. The molecule has 0 spiro atoms. The summed E-state index contributed by atoms with van der Waals surface area (Å²) in [5, 5.41) is 3.65. The van der Waals surface area contributed by atoms with E-state index in [1.165, 1.54) is 37.8 Å². The highest BCUT2D eigenvalue weighted by atomic mass is 14.9. The summed E-state index contributed by atoms with van der Waals surface area (Å²) in [4.78, 5) is 0. The average molecular weight is 245 g/mol. The Hall–Kier alpha value is -0.820. The van der Waals surface area contributed by atoms with Gasteiger partial charge in [0.1, 0.15) is 0 Å². The third-order valence-electron chi connectivity index (χ3n) is 4.12. The molecule has 1 N–H and O–H groups in total. The molecule has 2 rings (SSSR count). The Balaban J connectivity index is 1.71. The first-order chi connectivity index (χ1) is 8.54. The lowest BCUT2D eigenvalue weighted by molar-refractivity contribution is 0.150. The van der Waals surface area contributed by atoms with Gasteiger partial charge in [0.2, 0.25) is 0 Å². The van der Waals surface area contributed by atoms with Gasteiger partial charge < -0.3 is 5.32 Å². The van der Waals surface area contributed by atoms with Gasteiger partial charge in [-0.05, 0) is 70.4 Å². The van der Waals surface area contributed by atoms with Crippen molar-refractivity contribution in [2.45, 2.75) is 52.0 Å². The zero-order chi connectivity index (χ0) is 13.0. The van der Waals surface area contributed by atoms with E-state index in [0.29, 0.717) is 0 Å². The fourth-order valence-corrected chi connectivity index (χ4v) is 2.72. The first kappa shape index (κ1) is 13.6. The summed E-state index contributed by atoms with van der Waals surface area (Å²) in [5.74, 6) is 1.85. The summed E-state index contributed by atoms with van der Waals surface area (Å²) in [6.07, 6.45) is 5.46. The van der Waals surface area contributed by atoms with Crippen molar-refractivity contribution in [3.8, 4) is 0 Å². The van der Waals surface area contributed by atoms with Gasteiger partial charge in [-0.3, -0.25) is 0 Å². The minimum Gasteiger partial charge on any atom is -0.312 e. The molecule has 1 fully saturated rings. The third kappa shape index (κ3) is 4.13. The van der Waals surface area contributed by atoms with E-state index in [9.17, 15) is 0 Å². The Morgan fingerprint density at radius 1 is 1.06 bits per heavy atom. The van der Waals surface area contributed by atoms with Crippen LogP contribution >= 0.6 is 0 Å².